The second-order valence-electron chi connectivity index (χ2n) is 7.84. The van der Waals surface area contributed by atoms with Crippen molar-refractivity contribution in [2.45, 2.75) is 11.4 Å². The van der Waals surface area contributed by atoms with E-state index in [1.807, 2.05) is 41.0 Å². The molecule has 9 nitrogen and oxygen atoms in total. The molecule has 5 rings (SSSR count). The molecule has 3 aromatic carbocycles. The van der Waals surface area contributed by atoms with Crippen molar-refractivity contribution in [3.63, 3.8) is 0 Å². The fraction of sp³-hybridized carbons (Fsp3) is 0.0800. The minimum absolute atomic E-state index is 0.0983. The highest BCUT2D eigenvalue weighted by Crippen LogP contribution is 2.24. The molecule has 0 unspecified atom stereocenters. The van der Waals surface area contributed by atoms with Crippen molar-refractivity contribution in [3.05, 3.63) is 95.9 Å². The van der Waals surface area contributed by atoms with Crippen LogP contribution < -0.4 is 9.46 Å². The van der Waals surface area contributed by atoms with Crippen LogP contribution in [0.5, 0.6) is 5.75 Å². The summed E-state index contributed by atoms with van der Waals surface area (Å²) in [5, 5.41) is 4.39. The number of hydrogen-bond donors (Lipinski definition) is 1. The molecule has 0 aliphatic heterocycles. The first kappa shape index (κ1) is 23.6. The van der Waals surface area contributed by atoms with Crippen molar-refractivity contribution < 1.29 is 17.7 Å². The monoisotopic (exact) mass is 521 g/mol. The van der Waals surface area contributed by atoms with Gasteiger partial charge in [0, 0.05) is 29.0 Å². The Morgan fingerprint density at radius 1 is 1.06 bits per heavy atom. The maximum atomic E-state index is 12.6. The lowest BCUT2D eigenvalue weighted by atomic mass is 10.2. The molecule has 0 spiro atoms. The summed E-state index contributed by atoms with van der Waals surface area (Å²) in [6.07, 6.45) is 3.48. The third kappa shape index (κ3) is 5.24. The molecule has 2 aromatic heterocycles. The number of hydrogen-bond acceptors (Lipinski definition) is 7. The number of nitrogens with one attached hydrogen (secondary N) is 1. The molecule has 0 saturated carbocycles. The summed E-state index contributed by atoms with van der Waals surface area (Å²) < 4.78 is 40.2. The number of anilines is 1. The van der Waals surface area contributed by atoms with E-state index in [2.05, 4.69) is 19.8 Å². The zero-order chi connectivity index (χ0) is 25.1. The fourth-order valence-electron chi connectivity index (χ4n) is 3.48. The lowest BCUT2D eigenvalue weighted by molar-refractivity contribution is 0.414. The van der Waals surface area contributed by atoms with Crippen LogP contribution in [0.4, 0.5) is 5.69 Å². The molecule has 0 atom stereocenters. The molecule has 182 valence electrons. The number of ether oxygens (including phenoxy) is 1. The average molecular weight is 522 g/mol. The van der Waals surface area contributed by atoms with Gasteiger partial charge in [-0.2, -0.15) is 4.98 Å². The largest absolute Gasteiger partial charge is 0.497 e. The molecule has 0 radical (unpaired) electrons. The maximum Gasteiger partial charge on any atom is 0.278 e. The number of rotatable bonds is 8. The van der Waals surface area contributed by atoms with Gasteiger partial charge in [0.05, 0.1) is 18.3 Å². The Kier molecular flexibility index (Phi) is 6.45. The molecule has 5 aromatic rings. The predicted molar refractivity (Wildman–Crippen MR) is 135 cm³/mol. The van der Waals surface area contributed by atoms with E-state index in [1.165, 1.54) is 12.1 Å². The maximum absolute atomic E-state index is 12.6. The summed E-state index contributed by atoms with van der Waals surface area (Å²) in [7, 11) is -2.13. The van der Waals surface area contributed by atoms with Crippen LogP contribution in [0.1, 0.15) is 5.56 Å². The molecule has 36 heavy (non-hydrogen) atoms. The van der Waals surface area contributed by atoms with Crippen LogP contribution in [0.25, 0.3) is 23.0 Å². The van der Waals surface area contributed by atoms with Gasteiger partial charge in [-0.25, -0.2) is 13.4 Å². The average Bonchev–Trinajstić information content (AvgIpc) is 3.55. The third-order valence-corrected chi connectivity index (χ3v) is 6.92. The van der Waals surface area contributed by atoms with Gasteiger partial charge in [-0.3, -0.25) is 4.72 Å². The van der Waals surface area contributed by atoms with Crippen molar-refractivity contribution in [2.24, 2.45) is 0 Å². The summed E-state index contributed by atoms with van der Waals surface area (Å²) in [6, 6.07) is 20.5. The first-order valence-electron chi connectivity index (χ1n) is 10.8. The van der Waals surface area contributed by atoms with Crippen molar-refractivity contribution in [1.82, 2.24) is 19.7 Å². The molecule has 11 heteroatoms. The van der Waals surface area contributed by atoms with E-state index >= 15 is 0 Å². The summed E-state index contributed by atoms with van der Waals surface area (Å²) in [6.45, 7) is 0.522. The summed E-state index contributed by atoms with van der Waals surface area (Å²) in [5.41, 5.74) is 2.75. The molecule has 0 fully saturated rings. The van der Waals surface area contributed by atoms with Crippen LogP contribution in [0, 0.1) is 0 Å². The van der Waals surface area contributed by atoms with Crippen molar-refractivity contribution in [2.75, 3.05) is 11.8 Å². The number of aromatic nitrogens is 4. The Hall–Kier alpha value is -4.15. The molecule has 0 bridgehead atoms. The van der Waals surface area contributed by atoms with Gasteiger partial charge < -0.3 is 13.8 Å². The Labute approximate surface area is 212 Å². The van der Waals surface area contributed by atoms with Gasteiger partial charge in [0.1, 0.15) is 11.4 Å². The Morgan fingerprint density at radius 2 is 1.83 bits per heavy atom. The molecule has 0 aliphatic rings. The van der Waals surface area contributed by atoms with Gasteiger partial charge in [-0.15, -0.1) is 0 Å². The van der Waals surface area contributed by atoms with Gasteiger partial charge in [0.25, 0.3) is 15.9 Å². The van der Waals surface area contributed by atoms with Gasteiger partial charge in [0.2, 0.25) is 5.82 Å². The van der Waals surface area contributed by atoms with E-state index < -0.39 is 10.0 Å². The molecule has 1 N–H and O–H groups in total. The molecular formula is C25H20ClN5O4S. The van der Waals surface area contributed by atoms with Crippen LogP contribution >= 0.6 is 11.6 Å². The van der Waals surface area contributed by atoms with E-state index in [1.54, 1.807) is 43.9 Å². The topological polar surface area (TPSA) is 112 Å². The lowest BCUT2D eigenvalue weighted by Crippen LogP contribution is -2.12. The number of sulfonamides is 1. The number of methoxy groups -OCH3 is 1. The normalized spacial score (nSPS) is 11.4. The number of halogens is 1. The van der Waals surface area contributed by atoms with Gasteiger partial charge in [-0.05, 0) is 60.2 Å². The second-order valence-corrected chi connectivity index (χ2v) is 9.96. The molecule has 0 aliphatic carbocycles. The number of benzene rings is 3. The third-order valence-electron chi connectivity index (χ3n) is 5.30. The number of nitrogens with zero attached hydrogens (tertiary/aromatic N) is 4. The van der Waals surface area contributed by atoms with E-state index in [0.717, 1.165) is 16.9 Å². The van der Waals surface area contributed by atoms with E-state index in [4.69, 9.17) is 20.9 Å². The molecule has 0 saturated heterocycles. The fourth-order valence-corrected chi connectivity index (χ4v) is 4.84. The SMILES string of the molecule is COc1ccc(-c2noc(-c3cn(Cc4ccc(NS(=O)(=O)c5cccc(Cl)c5)cc4)cn3)n2)cc1. The van der Waals surface area contributed by atoms with E-state index in [-0.39, 0.29) is 4.90 Å². The van der Waals surface area contributed by atoms with Crippen LogP contribution in [0.15, 0.2) is 94.7 Å². The molecular weight excluding hydrogens is 502 g/mol. The van der Waals surface area contributed by atoms with Crippen LogP contribution in [0.2, 0.25) is 5.02 Å². The zero-order valence-electron chi connectivity index (χ0n) is 19.0. The first-order valence-corrected chi connectivity index (χ1v) is 12.6. The Balaban J connectivity index is 1.25. The standard InChI is InChI=1S/C25H20ClN5O4S/c1-34-21-11-7-18(8-12-21)24-28-25(35-29-24)23-15-31(16-27-23)14-17-5-9-20(10-6-17)30-36(32,33)22-4-2-3-19(26)13-22/h2-13,15-16,30H,14H2,1H3. The first-order chi connectivity index (χ1) is 17.4. The second kappa shape index (κ2) is 9.84. The highest BCUT2D eigenvalue weighted by atomic mass is 35.5. The van der Waals surface area contributed by atoms with Crippen molar-refractivity contribution in [1.29, 1.82) is 0 Å². The highest BCUT2D eigenvalue weighted by Gasteiger charge is 2.15. The van der Waals surface area contributed by atoms with Gasteiger partial charge in [-0.1, -0.05) is 35.0 Å². The van der Waals surface area contributed by atoms with Crippen molar-refractivity contribution in [3.8, 4) is 28.7 Å². The van der Waals surface area contributed by atoms with Crippen molar-refractivity contribution >= 4 is 27.3 Å². The smallest absolute Gasteiger partial charge is 0.278 e. The molecule has 0 amide bonds. The van der Waals surface area contributed by atoms with Crippen LogP contribution in [-0.2, 0) is 16.6 Å². The van der Waals surface area contributed by atoms with Crippen LogP contribution in [0.3, 0.4) is 0 Å². The minimum atomic E-state index is -3.74. The number of imidazole rings is 1. The van der Waals surface area contributed by atoms with Gasteiger partial charge in [0.15, 0.2) is 0 Å². The quantitative estimate of drug-likeness (QED) is 0.302. The Morgan fingerprint density at radius 3 is 2.56 bits per heavy atom. The molecule has 2 heterocycles. The highest BCUT2D eigenvalue weighted by molar-refractivity contribution is 7.92. The summed E-state index contributed by atoms with van der Waals surface area (Å²) in [5.74, 6) is 1.51. The predicted octanol–water partition coefficient (Wildman–Crippen LogP) is 5.11. The summed E-state index contributed by atoms with van der Waals surface area (Å²) >= 11 is 5.91. The van der Waals surface area contributed by atoms with Gasteiger partial charge >= 0.3 is 0 Å². The van der Waals surface area contributed by atoms with E-state index in [9.17, 15) is 8.42 Å². The lowest BCUT2D eigenvalue weighted by Gasteiger charge is -2.09. The van der Waals surface area contributed by atoms with E-state index in [0.29, 0.717) is 34.7 Å². The summed E-state index contributed by atoms with van der Waals surface area (Å²) in [4.78, 5) is 8.90. The minimum Gasteiger partial charge on any atom is -0.497 e. The Bertz CT molecular complexity index is 1600. The zero-order valence-corrected chi connectivity index (χ0v) is 20.6. The van der Waals surface area contributed by atoms with Crippen LogP contribution in [-0.4, -0.2) is 35.2 Å².